The number of hydrogen-bond acceptors (Lipinski definition) is 5. The Labute approximate surface area is 157 Å². The van der Waals surface area contributed by atoms with E-state index in [-0.39, 0.29) is 25.0 Å². The Morgan fingerprint density at radius 1 is 1.00 bits per heavy atom. The Hall–Kier alpha value is -3.61. The quantitative estimate of drug-likeness (QED) is 0.549. The standard InChI is InChI=1S/C20H20N2O5/c1-26-20(25)14-27-17-10-8-16(9-11-17)22-19(24)13-21-18(23)12-7-15-5-3-2-4-6-15/h2-12H,13-14H2,1H3,(H,21,23)(H,22,24)/b12-7+. The number of rotatable bonds is 8. The van der Waals surface area contributed by atoms with E-state index in [9.17, 15) is 14.4 Å². The molecule has 2 N–H and O–H groups in total. The van der Waals surface area contributed by atoms with E-state index < -0.39 is 5.97 Å². The van der Waals surface area contributed by atoms with E-state index in [4.69, 9.17) is 4.74 Å². The van der Waals surface area contributed by atoms with Crippen LogP contribution in [-0.2, 0) is 19.1 Å². The lowest BCUT2D eigenvalue weighted by molar-refractivity contribution is -0.142. The Kier molecular flexibility index (Phi) is 7.59. The molecule has 0 radical (unpaired) electrons. The van der Waals surface area contributed by atoms with Gasteiger partial charge in [-0.1, -0.05) is 30.3 Å². The van der Waals surface area contributed by atoms with E-state index >= 15 is 0 Å². The number of nitrogens with one attached hydrogen (secondary N) is 2. The molecule has 2 aromatic carbocycles. The van der Waals surface area contributed by atoms with Crippen molar-refractivity contribution in [2.45, 2.75) is 0 Å². The third kappa shape index (κ3) is 7.43. The molecule has 0 fully saturated rings. The molecule has 0 aliphatic rings. The van der Waals surface area contributed by atoms with Crippen LogP contribution in [0, 0.1) is 0 Å². The molecule has 0 heterocycles. The minimum atomic E-state index is -0.482. The highest BCUT2D eigenvalue weighted by Gasteiger charge is 2.05. The molecule has 7 heteroatoms. The summed E-state index contributed by atoms with van der Waals surface area (Å²) >= 11 is 0. The summed E-state index contributed by atoms with van der Waals surface area (Å²) in [4.78, 5) is 34.6. The number of benzene rings is 2. The van der Waals surface area contributed by atoms with Crippen molar-refractivity contribution in [3.05, 3.63) is 66.2 Å². The minimum absolute atomic E-state index is 0.154. The SMILES string of the molecule is COC(=O)COc1ccc(NC(=O)CNC(=O)/C=C/c2ccccc2)cc1. The zero-order chi connectivity index (χ0) is 19.5. The van der Waals surface area contributed by atoms with Crippen LogP contribution in [0.3, 0.4) is 0 Å². The Bertz CT molecular complexity index is 801. The molecule has 0 unspecified atom stereocenters. The molecule has 0 saturated carbocycles. The van der Waals surface area contributed by atoms with Gasteiger partial charge in [0.25, 0.3) is 0 Å². The van der Waals surface area contributed by atoms with Crippen LogP contribution in [0.1, 0.15) is 5.56 Å². The van der Waals surface area contributed by atoms with Crippen LogP contribution in [-0.4, -0.2) is 38.0 Å². The van der Waals surface area contributed by atoms with Gasteiger partial charge in [-0.05, 0) is 35.9 Å². The molecule has 7 nitrogen and oxygen atoms in total. The molecule has 0 bridgehead atoms. The highest BCUT2D eigenvalue weighted by atomic mass is 16.6. The molecule has 140 valence electrons. The number of carbonyl (C=O) groups excluding carboxylic acids is 3. The zero-order valence-corrected chi connectivity index (χ0v) is 14.8. The number of carbonyl (C=O) groups is 3. The summed E-state index contributed by atoms with van der Waals surface area (Å²) in [5, 5.41) is 5.16. The zero-order valence-electron chi connectivity index (χ0n) is 14.8. The van der Waals surface area contributed by atoms with Gasteiger partial charge < -0.3 is 20.1 Å². The van der Waals surface area contributed by atoms with Gasteiger partial charge in [0.05, 0.1) is 13.7 Å². The summed E-state index contributed by atoms with van der Waals surface area (Å²) in [6.45, 7) is -0.344. The number of amides is 2. The largest absolute Gasteiger partial charge is 0.482 e. The molecule has 2 amide bonds. The smallest absolute Gasteiger partial charge is 0.343 e. The van der Waals surface area contributed by atoms with Crippen LogP contribution in [0.25, 0.3) is 6.08 Å². The van der Waals surface area contributed by atoms with Crippen LogP contribution in [0.2, 0.25) is 0 Å². The Balaban J connectivity index is 1.74. The van der Waals surface area contributed by atoms with E-state index in [0.717, 1.165) is 5.56 Å². The number of esters is 1. The van der Waals surface area contributed by atoms with Crippen LogP contribution < -0.4 is 15.4 Å². The lowest BCUT2D eigenvalue weighted by Gasteiger charge is -2.08. The van der Waals surface area contributed by atoms with E-state index in [1.807, 2.05) is 30.3 Å². The third-order valence-electron chi connectivity index (χ3n) is 3.37. The summed E-state index contributed by atoms with van der Waals surface area (Å²) in [7, 11) is 1.28. The van der Waals surface area contributed by atoms with Crippen LogP contribution >= 0.6 is 0 Å². The van der Waals surface area contributed by atoms with Gasteiger partial charge >= 0.3 is 5.97 Å². The second-order valence-corrected chi connectivity index (χ2v) is 5.40. The topological polar surface area (TPSA) is 93.7 Å². The summed E-state index contributed by atoms with van der Waals surface area (Å²) in [6, 6.07) is 15.8. The van der Waals surface area contributed by atoms with E-state index in [1.165, 1.54) is 13.2 Å². The first-order valence-corrected chi connectivity index (χ1v) is 8.17. The van der Waals surface area contributed by atoms with Gasteiger partial charge in [-0.15, -0.1) is 0 Å². The fourth-order valence-corrected chi connectivity index (χ4v) is 2.00. The lowest BCUT2D eigenvalue weighted by Crippen LogP contribution is -2.31. The van der Waals surface area contributed by atoms with E-state index in [1.54, 1.807) is 30.3 Å². The van der Waals surface area contributed by atoms with E-state index in [0.29, 0.717) is 11.4 Å². The van der Waals surface area contributed by atoms with Crippen molar-refractivity contribution in [1.82, 2.24) is 5.32 Å². The first-order chi connectivity index (χ1) is 13.1. The molecule has 2 rings (SSSR count). The van der Waals surface area contributed by atoms with Gasteiger partial charge in [-0.3, -0.25) is 9.59 Å². The fourth-order valence-electron chi connectivity index (χ4n) is 2.00. The highest BCUT2D eigenvalue weighted by molar-refractivity contribution is 5.98. The van der Waals surface area contributed by atoms with Gasteiger partial charge in [0.15, 0.2) is 6.61 Å². The van der Waals surface area contributed by atoms with Gasteiger partial charge in [0.1, 0.15) is 5.75 Å². The maximum atomic E-state index is 11.9. The molecule has 0 aliphatic heterocycles. The first kappa shape index (κ1) is 19.7. The maximum absolute atomic E-state index is 11.9. The highest BCUT2D eigenvalue weighted by Crippen LogP contribution is 2.15. The van der Waals surface area contributed by atoms with Crippen LogP contribution in [0.5, 0.6) is 5.75 Å². The average molecular weight is 368 g/mol. The predicted octanol–water partition coefficient (Wildman–Crippen LogP) is 2.01. The molecule has 0 aliphatic carbocycles. The van der Waals surface area contributed by atoms with Crippen molar-refractivity contribution in [2.24, 2.45) is 0 Å². The Morgan fingerprint density at radius 2 is 1.70 bits per heavy atom. The minimum Gasteiger partial charge on any atom is -0.482 e. The fraction of sp³-hybridized carbons (Fsp3) is 0.150. The van der Waals surface area contributed by atoms with Crippen molar-refractivity contribution < 1.29 is 23.9 Å². The first-order valence-electron chi connectivity index (χ1n) is 8.17. The molecule has 0 spiro atoms. The molecule has 0 atom stereocenters. The van der Waals surface area contributed by atoms with Gasteiger partial charge in [-0.25, -0.2) is 4.79 Å². The number of ether oxygens (including phenoxy) is 2. The summed E-state index contributed by atoms with van der Waals surface area (Å²) < 4.78 is 9.69. The van der Waals surface area contributed by atoms with Gasteiger partial charge in [0, 0.05) is 11.8 Å². The monoisotopic (exact) mass is 368 g/mol. The maximum Gasteiger partial charge on any atom is 0.343 e. The molecule has 27 heavy (non-hydrogen) atoms. The van der Waals surface area contributed by atoms with Crippen molar-refractivity contribution in [3.63, 3.8) is 0 Å². The van der Waals surface area contributed by atoms with Crippen molar-refractivity contribution in [2.75, 3.05) is 25.6 Å². The molecular formula is C20H20N2O5. The van der Waals surface area contributed by atoms with Gasteiger partial charge in [-0.2, -0.15) is 0 Å². The van der Waals surface area contributed by atoms with Crippen LogP contribution in [0.4, 0.5) is 5.69 Å². The third-order valence-corrected chi connectivity index (χ3v) is 3.37. The van der Waals surface area contributed by atoms with Crippen molar-refractivity contribution in [3.8, 4) is 5.75 Å². The normalized spacial score (nSPS) is 10.3. The van der Waals surface area contributed by atoms with Gasteiger partial charge in [0.2, 0.25) is 11.8 Å². The predicted molar refractivity (Wildman–Crippen MR) is 101 cm³/mol. The lowest BCUT2D eigenvalue weighted by atomic mass is 10.2. The molecule has 0 saturated heterocycles. The molecular weight excluding hydrogens is 348 g/mol. The van der Waals surface area contributed by atoms with Crippen molar-refractivity contribution >= 4 is 29.5 Å². The summed E-state index contributed by atoms with van der Waals surface area (Å²) in [5.41, 5.74) is 1.44. The second kappa shape index (κ2) is 10.4. The summed E-state index contributed by atoms with van der Waals surface area (Å²) in [5.74, 6) is -0.734. The number of anilines is 1. The Morgan fingerprint density at radius 3 is 2.37 bits per heavy atom. The average Bonchev–Trinajstić information content (AvgIpc) is 2.70. The number of methoxy groups -OCH3 is 1. The van der Waals surface area contributed by atoms with E-state index in [2.05, 4.69) is 15.4 Å². The molecule has 2 aromatic rings. The summed E-state index contributed by atoms with van der Waals surface area (Å²) in [6.07, 6.45) is 3.04. The second-order valence-electron chi connectivity index (χ2n) is 5.40. The molecule has 0 aromatic heterocycles. The number of hydrogen-bond donors (Lipinski definition) is 2. The van der Waals surface area contributed by atoms with Crippen molar-refractivity contribution in [1.29, 1.82) is 0 Å². The van der Waals surface area contributed by atoms with Crippen LogP contribution in [0.15, 0.2) is 60.7 Å².